The van der Waals surface area contributed by atoms with Crippen LogP contribution in [0.3, 0.4) is 0 Å². The minimum absolute atomic E-state index is 0.352. The molecule has 28 heavy (non-hydrogen) atoms. The fourth-order valence-corrected chi connectivity index (χ4v) is 3.86. The summed E-state index contributed by atoms with van der Waals surface area (Å²) in [6.45, 7) is 6.72. The van der Waals surface area contributed by atoms with Crippen LogP contribution >= 0.6 is 12.2 Å². The molecule has 2 fully saturated rings. The van der Waals surface area contributed by atoms with Gasteiger partial charge in [0.1, 0.15) is 13.1 Å². The van der Waals surface area contributed by atoms with Gasteiger partial charge >= 0.3 is 6.18 Å². The third-order valence-corrected chi connectivity index (χ3v) is 5.48. The van der Waals surface area contributed by atoms with Gasteiger partial charge in [-0.2, -0.15) is 13.2 Å². The summed E-state index contributed by atoms with van der Waals surface area (Å²) in [6.07, 6.45) is -1.13. The molecule has 0 radical (unpaired) electrons. The van der Waals surface area contributed by atoms with E-state index in [1.807, 2.05) is 0 Å². The van der Waals surface area contributed by atoms with Crippen molar-refractivity contribution in [2.75, 3.05) is 62.7 Å². The molecule has 1 aromatic carbocycles. The van der Waals surface area contributed by atoms with Crippen LogP contribution < -0.4 is 20.4 Å². The first-order valence-electron chi connectivity index (χ1n) is 9.86. The Morgan fingerprint density at radius 1 is 1.14 bits per heavy atom. The Hall–Kier alpha value is -1.58. The molecular weight excluding hydrogens is 389 g/mol. The third-order valence-electron chi connectivity index (χ3n) is 5.23. The van der Waals surface area contributed by atoms with E-state index in [1.165, 1.54) is 4.90 Å². The van der Waals surface area contributed by atoms with Crippen molar-refractivity contribution in [3.8, 4) is 0 Å². The highest BCUT2D eigenvalue weighted by Crippen LogP contribution is 2.36. The number of hydrogen-bond acceptors (Lipinski definition) is 3. The van der Waals surface area contributed by atoms with Crippen LogP contribution in [0.25, 0.3) is 0 Å². The molecule has 0 amide bonds. The van der Waals surface area contributed by atoms with Gasteiger partial charge in [-0.25, -0.2) is 0 Å². The van der Waals surface area contributed by atoms with Crippen molar-refractivity contribution in [2.45, 2.75) is 25.4 Å². The van der Waals surface area contributed by atoms with Crippen LogP contribution in [0.2, 0.25) is 0 Å². The van der Waals surface area contributed by atoms with Gasteiger partial charge in [-0.15, -0.1) is 0 Å². The van der Waals surface area contributed by atoms with Crippen LogP contribution in [-0.2, 0) is 10.9 Å². The number of halogens is 3. The average Bonchev–Trinajstić information content (AvgIpc) is 2.69. The number of hydrogen-bond donors (Lipinski definition) is 3. The molecule has 1 aromatic rings. The maximum absolute atomic E-state index is 13.2. The molecule has 2 aliphatic heterocycles. The average molecular weight is 418 g/mol. The predicted molar refractivity (Wildman–Crippen MR) is 108 cm³/mol. The predicted octanol–water partition coefficient (Wildman–Crippen LogP) is 1.90. The Morgan fingerprint density at radius 3 is 2.54 bits per heavy atom. The zero-order chi connectivity index (χ0) is 20.0. The van der Waals surface area contributed by atoms with Crippen molar-refractivity contribution in [2.24, 2.45) is 0 Å². The number of anilines is 2. The number of thiocarbonyl (C=S) groups is 1. The first-order chi connectivity index (χ1) is 13.4. The van der Waals surface area contributed by atoms with E-state index < -0.39 is 11.7 Å². The molecular formula is C19H28F3N4OS+. The number of ether oxygens (including phenoxy) is 1. The summed E-state index contributed by atoms with van der Waals surface area (Å²) in [5.74, 6) is 0. The number of piperidine rings is 1. The lowest BCUT2D eigenvalue weighted by Gasteiger charge is -2.31. The largest absolute Gasteiger partial charge is 0.416 e. The SMILES string of the molecule is FC(F)(F)c1ccc(N2CCCCC2)c(NC(=S)NCC[NH+]2CCOCC2)c1. The van der Waals surface area contributed by atoms with Crippen LogP contribution in [0.15, 0.2) is 18.2 Å². The zero-order valence-corrected chi connectivity index (χ0v) is 16.7. The second-order valence-corrected chi connectivity index (χ2v) is 7.68. The van der Waals surface area contributed by atoms with Crippen molar-refractivity contribution in [1.82, 2.24) is 5.32 Å². The highest BCUT2D eigenvalue weighted by atomic mass is 32.1. The van der Waals surface area contributed by atoms with Gasteiger partial charge in [-0.05, 0) is 49.7 Å². The summed E-state index contributed by atoms with van der Waals surface area (Å²) < 4.78 is 44.9. The zero-order valence-electron chi connectivity index (χ0n) is 15.9. The number of alkyl halides is 3. The highest BCUT2D eigenvalue weighted by molar-refractivity contribution is 7.80. The summed E-state index contributed by atoms with van der Waals surface area (Å²) in [6, 6.07) is 3.86. The van der Waals surface area contributed by atoms with E-state index in [0.717, 1.165) is 83.0 Å². The molecule has 0 unspecified atom stereocenters. The molecule has 0 saturated carbocycles. The second kappa shape index (κ2) is 9.76. The topological polar surface area (TPSA) is 41.0 Å². The van der Waals surface area contributed by atoms with E-state index in [4.69, 9.17) is 17.0 Å². The third kappa shape index (κ3) is 5.96. The minimum atomic E-state index is -4.38. The van der Waals surface area contributed by atoms with Gasteiger partial charge in [-0.1, -0.05) is 0 Å². The van der Waals surface area contributed by atoms with Crippen LogP contribution in [0.5, 0.6) is 0 Å². The van der Waals surface area contributed by atoms with Crippen LogP contribution in [0.1, 0.15) is 24.8 Å². The van der Waals surface area contributed by atoms with Crippen molar-refractivity contribution >= 4 is 28.7 Å². The summed E-state index contributed by atoms with van der Waals surface area (Å²) in [4.78, 5) is 3.57. The minimum Gasteiger partial charge on any atom is -0.370 e. The van der Waals surface area contributed by atoms with E-state index in [-0.39, 0.29) is 0 Å². The fourth-order valence-electron chi connectivity index (χ4n) is 3.65. The van der Waals surface area contributed by atoms with Gasteiger partial charge in [0, 0.05) is 13.1 Å². The fraction of sp³-hybridized carbons (Fsp3) is 0.632. The second-order valence-electron chi connectivity index (χ2n) is 7.27. The highest BCUT2D eigenvalue weighted by Gasteiger charge is 2.31. The molecule has 3 rings (SSSR count). The standard InChI is InChI=1S/C19H27F3N4OS/c20-19(21,22)15-4-5-17(26-7-2-1-3-8-26)16(14-15)24-18(28)23-6-9-25-10-12-27-13-11-25/h4-5,14H,1-3,6-13H2,(H2,23,24,28)/p+1. The lowest BCUT2D eigenvalue weighted by Crippen LogP contribution is -3.14. The van der Waals surface area contributed by atoms with Gasteiger partial charge in [0.05, 0.1) is 43.2 Å². The molecule has 0 bridgehead atoms. The van der Waals surface area contributed by atoms with Gasteiger partial charge in [0.15, 0.2) is 5.11 Å². The van der Waals surface area contributed by atoms with Gasteiger partial charge in [0.25, 0.3) is 0 Å². The maximum Gasteiger partial charge on any atom is 0.416 e. The maximum atomic E-state index is 13.2. The van der Waals surface area contributed by atoms with E-state index in [1.54, 1.807) is 6.07 Å². The summed E-state index contributed by atoms with van der Waals surface area (Å²) >= 11 is 5.34. The molecule has 5 nitrogen and oxygen atoms in total. The number of nitrogens with one attached hydrogen (secondary N) is 3. The Kier molecular flexibility index (Phi) is 7.36. The Bertz CT molecular complexity index is 659. The van der Waals surface area contributed by atoms with E-state index in [9.17, 15) is 13.2 Å². The lowest BCUT2D eigenvalue weighted by atomic mass is 10.1. The van der Waals surface area contributed by atoms with E-state index in [0.29, 0.717) is 17.3 Å². The van der Waals surface area contributed by atoms with E-state index in [2.05, 4.69) is 15.5 Å². The van der Waals surface area contributed by atoms with Gasteiger partial charge in [0.2, 0.25) is 0 Å². The van der Waals surface area contributed by atoms with Crippen molar-refractivity contribution < 1.29 is 22.8 Å². The number of quaternary nitrogens is 1. The van der Waals surface area contributed by atoms with Crippen LogP contribution in [0, 0.1) is 0 Å². The smallest absolute Gasteiger partial charge is 0.370 e. The molecule has 2 heterocycles. The number of rotatable bonds is 5. The first kappa shape index (κ1) is 21.1. The lowest BCUT2D eigenvalue weighted by molar-refractivity contribution is -0.906. The normalized spacial score (nSPS) is 18.8. The quantitative estimate of drug-likeness (QED) is 0.639. The monoisotopic (exact) mass is 417 g/mol. The molecule has 0 aromatic heterocycles. The molecule has 3 N–H and O–H groups in total. The Balaban J connectivity index is 1.64. The number of morpholine rings is 1. The molecule has 0 spiro atoms. The molecule has 2 saturated heterocycles. The van der Waals surface area contributed by atoms with Crippen molar-refractivity contribution in [3.63, 3.8) is 0 Å². The van der Waals surface area contributed by atoms with Crippen molar-refractivity contribution in [1.29, 1.82) is 0 Å². The Morgan fingerprint density at radius 2 is 1.86 bits per heavy atom. The molecule has 156 valence electrons. The molecule has 2 aliphatic rings. The van der Waals surface area contributed by atoms with Crippen molar-refractivity contribution in [3.05, 3.63) is 23.8 Å². The number of benzene rings is 1. The molecule has 0 aliphatic carbocycles. The van der Waals surface area contributed by atoms with Gasteiger partial charge < -0.3 is 25.2 Å². The molecule has 0 atom stereocenters. The summed E-state index contributed by atoms with van der Waals surface area (Å²) in [5.41, 5.74) is 0.514. The summed E-state index contributed by atoms with van der Waals surface area (Å²) in [7, 11) is 0. The van der Waals surface area contributed by atoms with Crippen LogP contribution in [-0.4, -0.2) is 57.6 Å². The van der Waals surface area contributed by atoms with Crippen LogP contribution in [0.4, 0.5) is 24.5 Å². The van der Waals surface area contributed by atoms with E-state index >= 15 is 0 Å². The summed E-state index contributed by atoms with van der Waals surface area (Å²) in [5, 5.41) is 6.48. The number of nitrogens with zero attached hydrogens (tertiary/aromatic N) is 1. The van der Waals surface area contributed by atoms with Gasteiger partial charge in [-0.3, -0.25) is 0 Å². The molecule has 9 heteroatoms. The first-order valence-corrected chi connectivity index (χ1v) is 10.3. The Labute approximate surface area is 169 Å².